The molecule has 1 aliphatic rings. The van der Waals surface area contributed by atoms with Crippen LogP contribution < -0.4 is 10.3 Å². The van der Waals surface area contributed by atoms with Crippen LogP contribution in [0, 0.1) is 0 Å². The SMILES string of the molecule is O=C(O)C1(NOc2ccccc2)C=Cc2ccccc2C1=O. The lowest BCUT2D eigenvalue weighted by molar-refractivity contribution is -0.143. The minimum absolute atomic E-state index is 0.344. The topological polar surface area (TPSA) is 75.6 Å². The van der Waals surface area contributed by atoms with Crippen LogP contribution in [0.2, 0.25) is 0 Å². The maximum Gasteiger partial charge on any atom is 0.339 e. The smallest absolute Gasteiger partial charge is 0.339 e. The lowest BCUT2D eigenvalue weighted by atomic mass is 9.82. The Hall–Kier alpha value is -2.92. The van der Waals surface area contributed by atoms with Crippen LogP contribution in [0.25, 0.3) is 6.08 Å². The minimum Gasteiger partial charge on any atom is -0.479 e. The van der Waals surface area contributed by atoms with Crippen LogP contribution >= 0.6 is 0 Å². The number of hydrogen-bond donors (Lipinski definition) is 2. The van der Waals surface area contributed by atoms with E-state index in [1.807, 2.05) is 6.07 Å². The second-order valence-electron chi connectivity index (χ2n) is 4.88. The van der Waals surface area contributed by atoms with Gasteiger partial charge in [-0.25, -0.2) is 4.79 Å². The van der Waals surface area contributed by atoms with E-state index in [0.29, 0.717) is 16.9 Å². The van der Waals surface area contributed by atoms with Gasteiger partial charge in [-0.2, -0.15) is 0 Å². The summed E-state index contributed by atoms with van der Waals surface area (Å²) in [6.07, 6.45) is 2.91. The summed E-state index contributed by atoms with van der Waals surface area (Å²) in [5.74, 6) is -1.46. The van der Waals surface area contributed by atoms with E-state index in [1.165, 1.54) is 6.08 Å². The normalized spacial score (nSPS) is 19.5. The average Bonchev–Trinajstić information content (AvgIpc) is 2.55. The molecule has 2 aromatic rings. The number of carboxylic acids is 1. The van der Waals surface area contributed by atoms with E-state index < -0.39 is 17.3 Å². The van der Waals surface area contributed by atoms with E-state index in [-0.39, 0.29) is 0 Å². The quantitative estimate of drug-likeness (QED) is 0.668. The third kappa shape index (κ3) is 2.27. The molecule has 0 fully saturated rings. The number of hydrogen-bond acceptors (Lipinski definition) is 4. The van der Waals surface area contributed by atoms with Gasteiger partial charge in [-0.05, 0) is 23.8 Å². The Kier molecular flexibility index (Phi) is 3.48. The van der Waals surface area contributed by atoms with E-state index in [9.17, 15) is 14.7 Å². The van der Waals surface area contributed by atoms with Crippen molar-refractivity contribution in [3.63, 3.8) is 0 Å². The zero-order valence-electron chi connectivity index (χ0n) is 11.5. The Bertz CT molecular complexity index is 754. The third-order valence-electron chi connectivity index (χ3n) is 3.49. The molecule has 1 aliphatic carbocycles. The van der Waals surface area contributed by atoms with E-state index in [1.54, 1.807) is 54.6 Å². The number of aliphatic carboxylic acids is 1. The van der Waals surface area contributed by atoms with Crippen LogP contribution in [-0.2, 0) is 4.79 Å². The Morgan fingerprint density at radius 2 is 1.73 bits per heavy atom. The number of para-hydroxylation sites is 1. The molecule has 0 aliphatic heterocycles. The summed E-state index contributed by atoms with van der Waals surface area (Å²) in [4.78, 5) is 29.6. The lowest BCUT2D eigenvalue weighted by Crippen LogP contribution is -2.59. The van der Waals surface area contributed by atoms with Crippen LogP contribution in [0.5, 0.6) is 5.75 Å². The van der Waals surface area contributed by atoms with Crippen LogP contribution in [-0.4, -0.2) is 22.4 Å². The number of fused-ring (bicyclic) bond motifs is 1. The molecule has 5 nitrogen and oxygen atoms in total. The van der Waals surface area contributed by atoms with Gasteiger partial charge in [0.05, 0.1) is 0 Å². The number of Topliss-reactive ketones (excluding diaryl/α,β-unsaturated/α-hetero) is 1. The van der Waals surface area contributed by atoms with Crippen molar-refractivity contribution in [2.24, 2.45) is 0 Å². The van der Waals surface area contributed by atoms with Crippen molar-refractivity contribution in [3.8, 4) is 5.75 Å². The van der Waals surface area contributed by atoms with Gasteiger partial charge in [0, 0.05) is 5.56 Å². The van der Waals surface area contributed by atoms with Gasteiger partial charge in [-0.15, -0.1) is 5.48 Å². The fourth-order valence-corrected chi connectivity index (χ4v) is 2.27. The van der Waals surface area contributed by atoms with Crippen LogP contribution in [0.3, 0.4) is 0 Å². The molecule has 0 amide bonds. The first-order chi connectivity index (χ1) is 10.6. The maximum atomic E-state index is 12.6. The highest BCUT2D eigenvalue weighted by Gasteiger charge is 2.47. The van der Waals surface area contributed by atoms with Crippen molar-refractivity contribution in [2.75, 3.05) is 0 Å². The Morgan fingerprint density at radius 1 is 1.05 bits per heavy atom. The highest BCUT2D eigenvalue weighted by Crippen LogP contribution is 2.26. The summed E-state index contributed by atoms with van der Waals surface area (Å²) in [5.41, 5.74) is 1.50. The van der Waals surface area contributed by atoms with E-state index in [4.69, 9.17) is 4.84 Å². The first kappa shape index (κ1) is 14.0. The highest BCUT2D eigenvalue weighted by molar-refractivity contribution is 6.21. The molecule has 0 saturated carbocycles. The molecule has 3 rings (SSSR count). The average molecular weight is 295 g/mol. The molecule has 0 saturated heterocycles. The third-order valence-corrected chi connectivity index (χ3v) is 3.49. The predicted molar refractivity (Wildman–Crippen MR) is 80.4 cm³/mol. The van der Waals surface area contributed by atoms with Crippen molar-refractivity contribution in [1.82, 2.24) is 5.48 Å². The first-order valence-electron chi connectivity index (χ1n) is 6.69. The second-order valence-corrected chi connectivity index (χ2v) is 4.88. The Morgan fingerprint density at radius 3 is 2.45 bits per heavy atom. The molecular formula is C17H13NO4. The second kappa shape index (κ2) is 5.46. The van der Waals surface area contributed by atoms with Crippen molar-refractivity contribution in [3.05, 3.63) is 71.8 Å². The molecule has 0 spiro atoms. The van der Waals surface area contributed by atoms with Crippen molar-refractivity contribution in [1.29, 1.82) is 0 Å². The summed E-state index contributed by atoms with van der Waals surface area (Å²) < 4.78 is 0. The van der Waals surface area contributed by atoms with Gasteiger partial charge in [0.2, 0.25) is 11.3 Å². The van der Waals surface area contributed by atoms with Gasteiger partial charge in [-0.3, -0.25) is 4.79 Å². The molecule has 22 heavy (non-hydrogen) atoms. The number of carbonyl (C=O) groups is 2. The van der Waals surface area contributed by atoms with E-state index in [2.05, 4.69) is 5.48 Å². The highest BCUT2D eigenvalue weighted by atomic mass is 16.7. The standard InChI is InChI=1S/C17H13NO4/c19-15-14-9-5-4-6-12(14)10-11-17(15,16(20)21)18-22-13-7-2-1-3-8-13/h1-11,18H,(H,20,21). The predicted octanol–water partition coefficient (Wildman–Crippen LogP) is 2.30. The molecule has 1 unspecified atom stereocenters. The molecule has 1 atom stereocenters. The summed E-state index contributed by atoms with van der Waals surface area (Å²) in [6.45, 7) is 0. The number of carbonyl (C=O) groups excluding carboxylic acids is 1. The molecule has 0 radical (unpaired) electrons. The van der Waals surface area contributed by atoms with Crippen LogP contribution in [0.15, 0.2) is 60.7 Å². The molecule has 5 heteroatoms. The number of ketones is 1. The minimum atomic E-state index is -1.94. The zero-order valence-corrected chi connectivity index (χ0v) is 11.5. The number of benzene rings is 2. The number of carboxylic acid groups (broad SMARTS) is 1. The summed E-state index contributed by atoms with van der Waals surface area (Å²) in [7, 11) is 0. The van der Waals surface area contributed by atoms with E-state index in [0.717, 1.165) is 0 Å². The summed E-state index contributed by atoms with van der Waals surface area (Å²) in [5, 5.41) is 9.55. The van der Waals surface area contributed by atoms with Gasteiger partial charge in [0.1, 0.15) is 5.75 Å². The Labute approximate surface area is 126 Å². The van der Waals surface area contributed by atoms with Gasteiger partial charge in [0.25, 0.3) is 0 Å². The summed E-state index contributed by atoms with van der Waals surface area (Å²) >= 11 is 0. The largest absolute Gasteiger partial charge is 0.479 e. The maximum absolute atomic E-state index is 12.6. The fourth-order valence-electron chi connectivity index (χ4n) is 2.27. The Balaban J connectivity index is 1.94. The molecule has 0 heterocycles. The monoisotopic (exact) mass is 295 g/mol. The fraction of sp³-hybridized carbons (Fsp3) is 0.0588. The number of rotatable bonds is 4. The van der Waals surface area contributed by atoms with Gasteiger partial charge >= 0.3 is 5.97 Å². The number of nitrogens with one attached hydrogen (secondary N) is 1. The molecule has 0 bridgehead atoms. The van der Waals surface area contributed by atoms with Crippen molar-refractivity contribution >= 4 is 17.8 Å². The molecule has 2 aromatic carbocycles. The molecule has 110 valence electrons. The van der Waals surface area contributed by atoms with Crippen LogP contribution in [0.1, 0.15) is 15.9 Å². The summed E-state index contributed by atoms with van der Waals surface area (Å²) in [6, 6.07) is 15.5. The number of hydroxylamine groups is 1. The van der Waals surface area contributed by atoms with Gasteiger partial charge in [0.15, 0.2) is 0 Å². The lowest BCUT2D eigenvalue weighted by Gasteiger charge is -2.28. The molecular weight excluding hydrogens is 282 g/mol. The van der Waals surface area contributed by atoms with Gasteiger partial charge in [-0.1, -0.05) is 48.5 Å². The van der Waals surface area contributed by atoms with E-state index >= 15 is 0 Å². The molecule has 0 aromatic heterocycles. The van der Waals surface area contributed by atoms with Gasteiger partial charge < -0.3 is 9.94 Å². The van der Waals surface area contributed by atoms with Crippen LogP contribution in [0.4, 0.5) is 0 Å². The zero-order chi connectivity index (χ0) is 15.6. The first-order valence-corrected chi connectivity index (χ1v) is 6.69. The molecule has 2 N–H and O–H groups in total. The van der Waals surface area contributed by atoms with Crippen molar-refractivity contribution in [2.45, 2.75) is 5.54 Å². The van der Waals surface area contributed by atoms with Crippen molar-refractivity contribution < 1.29 is 19.5 Å².